The number of amides is 1. The van der Waals surface area contributed by atoms with E-state index in [-0.39, 0.29) is 5.91 Å². The maximum absolute atomic E-state index is 12.2. The van der Waals surface area contributed by atoms with Crippen molar-refractivity contribution in [1.29, 1.82) is 0 Å². The fourth-order valence-electron chi connectivity index (χ4n) is 2.49. The first-order chi connectivity index (χ1) is 9.48. The predicted molar refractivity (Wildman–Crippen MR) is 73.2 cm³/mol. The maximum Gasteiger partial charge on any atom is 0.319 e. The van der Waals surface area contributed by atoms with Crippen molar-refractivity contribution < 1.29 is 9.21 Å². The lowest BCUT2D eigenvalue weighted by atomic mass is 9.98. The highest BCUT2D eigenvalue weighted by atomic mass is 16.4. The third-order valence-electron chi connectivity index (χ3n) is 4.01. The molecule has 2 fully saturated rings. The molecule has 1 aromatic heterocycles. The first kappa shape index (κ1) is 13.4. The molecule has 7 nitrogen and oxygen atoms in total. The lowest BCUT2D eigenvalue weighted by Crippen LogP contribution is -2.62. The standard InChI is InChI=1S/C13H21N5O2/c1-13(2)11(19)17(3)6-7-18(13)12-16-15-10(20-12)8-14-9-4-5-9/h9,14H,4-8H2,1-3H3. The van der Waals surface area contributed by atoms with Gasteiger partial charge in [0.2, 0.25) is 11.8 Å². The van der Waals surface area contributed by atoms with E-state index in [9.17, 15) is 4.79 Å². The molecule has 20 heavy (non-hydrogen) atoms. The zero-order chi connectivity index (χ0) is 14.3. The fraction of sp³-hybridized carbons (Fsp3) is 0.769. The normalized spacial score (nSPS) is 22.4. The number of anilines is 1. The van der Waals surface area contributed by atoms with E-state index in [1.54, 1.807) is 4.90 Å². The molecule has 0 bridgehead atoms. The number of rotatable bonds is 4. The molecule has 0 radical (unpaired) electrons. The average Bonchev–Trinajstić information content (AvgIpc) is 3.12. The van der Waals surface area contributed by atoms with Crippen molar-refractivity contribution in [3.8, 4) is 0 Å². The van der Waals surface area contributed by atoms with Crippen LogP contribution in [0.2, 0.25) is 0 Å². The number of likely N-dealkylation sites (N-methyl/N-ethyl adjacent to an activating group) is 1. The molecule has 1 saturated carbocycles. The van der Waals surface area contributed by atoms with E-state index in [2.05, 4.69) is 15.5 Å². The molecule has 1 aromatic rings. The quantitative estimate of drug-likeness (QED) is 0.859. The second kappa shape index (κ2) is 4.73. The topological polar surface area (TPSA) is 74.5 Å². The van der Waals surface area contributed by atoms with Crippen LogP contribution < -0.4 is 10.2 Å². The number of carbonyl (C=O) groups is 1. The van der Waals surface area contributed by atoms with Gasteiger partial charge in [-0.3, -0.25) is 4.79 Å². The van der Waals surface area contributed by atoms with Crippen LogP contribution in [0.15, 0.2) is 4.42 Å². The van der Waals surface area contributed by atoms with Gasteiger partial charge in [-0.15, -0.1) is 5.10 Å². The SMILES string of the molecule is CN1CCN(c2nnc(CNC3CC3)o2)C(C)(C)C1=O. The van der Waals surface area contributed by atoms with Crippen LogP contribution in [0.1, 0.15) is 32.6 Å². The van der Waals surface area contributed by atoms with Crippen molar-refractivity contribution in [2.75, 3.05) is 25.0 Å². The molecular formula is C13H21N5O2. The minimum Gasteiger partial charge on any atom is -0.407 e. The zero-order valence-electron chi connectivity index (χ0n) is 12.2. The van der Waals surface area contributed by atoms with E-state index >= 15 is 0 Å². The fourth-order valence-corrected chi connectivity index (χ4v) is 2.49. The molecule has 0 atom stereocenters. The molecule has 2 aliphatic rings. The molecule has 0 unspecified atom stereocenters. The van der Waals surface area contributed by atoms with Gasteiger partial charge in [-0.25, -0.2) is 0 Å². The Morgan fingerprint density at radius 3 is 2.80 bits per heavy atom. The highest BCUT2D eigenvalue weighted by Gasteiger charge is 2.42. The van der Waals surface area contributed by atoms with Crippen LogP contribution >= 0.6 is 0 Å². The van der Waals surface area contributed by atoms with E-state index in [4.69, 9.17) is 4.42 Å². The van der Waals surface area contributed by atoms with Crippen LogP contribution in [-0.2, 0) is 11.3 Å². The van der Waals surface area contributed by atoms with Crippen LogP contribution in [0, 0.1) is 0 Å². The number of nitrogens with one attached hydrogen (secondary N) is 1. The zero-order valence-corrected chi connectivity index (χ0v) is 12.2. The lowest BCUT2D eigenvalue weighted by Gasteiger charge is -2.43. The van der Waals surface area contributed by atoms with E-state index in [0.29, 0.717) is 37.6 Å². The van der Waals surface area contributed by atoms with Crippen LogP contribution in [0.3, 0.4) is 0 Å². The number of aromatic nitrogens is 2. The van der Waals surface area contributed by atoms with Gasteiger partial charge in [-0.2, -0.15) is 0 Å². The van der Waals surface area contributed by atoms with Gasteiger partial charge in [-0.1, -0.05) is 5.10 Å². The van der Waals surface area contributed by atoms with Crippen molar-refractivity contribution in [1.82, 2.24) is 20.4 Å². The van der Waals surface area contributed by atoms with Crippen LogP contribution in [0.4, 0.5) is 6.01 Å². The van der Waals surface area contributed by atoms with Gasteiger partial charge in [0.05, 0.1) is 6.54 Å². The summed E-state index contributed by atoms with van der Waals surface area (Å²) in [5, 5.41) is 11.5. The molecule has 7 heteroatoms. The van der Waals surface area contributed by atoms with Crippen molar-refractivity contribution in [2.24, 2.45) is 0 Å². The lowest BCUT2D eigenvalue weighted by molar-refractivity contribution is -0.136. The van der Waals surface area contributed by atoms with Gasteiger partial charge >= 0.3 is 6.01 Å². The number of hydrogen-bond donors (Lipinski definition) is 1. The summed E-state index contributed by atoms with van der Waals surface area (Å²) in [4.78, 5) is 15.9. The monoisotopic (exact) mass is 279 g/mol. The summed E-state index contributed by atoms with van der Waals surface area (Å²) in [7, 11) is 1.82. The Morgan fingerprint density at radius 1 is 1.35 bits per heavy atom. The molecule has 1 saturated heterocycles. The van der Waals surface area contributed by atoms with Crippen LogP contribution in [0.25, 0.3) is 0 Å². The first-order valence-electron chi connectivity index (χ1n) is 7.07. The summed E-state index contributed by atoms with van der Waals surface area (Å²) in [5.41, 5.74) is -0.652. The van der Waals surface area contributed by atoms with E-state index < -0.39 is 5.54 Å². The third kappa shape index (κ3) is 2.37. The second-order valence-corrected chi connectivity index (χ2v) is 6.07. The Hall–Kier alpha value is -1.63. The summed E-state index contributed by atoms with van der Waals surface area (Å²) in [6, 6.07) is 1.04. The van der Waals surface area contributed by atoms with Gasteiger partial charge in [0.25, 0.3) is 0 Å². The molecular weight excluding hydrogens is 258 g/mol. The van der Waals surface area contributed by atoms with E-state index in [0.717, 1.165) is 0 Å². The highest BCUT2D eigenvalue weighted by Crippen LogP contribution is 2.27. The molecule has 3 rings (SSSR count). The molecule has 1 amide bonds. The third-order valence-corrected chi connectivity index (χ3v) is 4.01. The Morgan fingerprint density at radius 2 is 2.10 bits per heavy atom. The maximum atomic E-state index is 12.2. The highest BCUT2D eigenvalue weighted by molar-refractivity contribution is 5.89. The Labute approximate surface area is 118 Å². The Bertz CT molecular complexity index is 509. The van der Waals surface area contributed by atoms with Gasteiger partial charge in [0.15, 0.2) is 0 Å². The first-order valence-corrected chi connectivity index (χ1v) is 7.07. The molecule has 0 aromatic carbocycles. The largest absolute Gasteiger partial charge is 0.407 e. The van der Waals surface area contributed by atoms with Gasteiger partial charge in [-0.05, 0) is 26.7 Å². The molecule has 1 aliphatic carbocycles. The summed E-state index contributed by atoms with van der Waals surface area (Å²) >= 11 is 0. The molecule has 1 N–H and O–H groups in total. The van der Waals surface area contributed by atoms with Gasteiger partial charge < -0.3 is 19.5 Å². The van der Waals surface area contributed by atoms with Crippen molar-refractivity contribution in [2.45, 2.75) is 44.8 Å². The number of piperazine rings is 1. The van der Waals surface area contributed by atoms with Crippen molar-refractivity contribution in [3.63, 3.8) is 0 Å². The smallest absolute Gasteiger partial charge is 0.319 e. The van der Waals surface area contributed by atoms with Gasteiger partial charge in [0.1, 0.15) is 5.54 Å². The van der Waals surface area contributed by atoms with Crippen LogP contribution in [0.5, 0.6) is 0 Å². The van der Waals surface area contributed by atoms with Gasteiger partial charge in [0, 0.05) is 26.2 Å². The predicted octanol–water partition coefficient (Wildman–Crippen LogP) is 0.379. The second-order valence-electron chi connectivity index (χ2n) is 6.07. The molecule has 0 spiro atoms. The van der Waals surface area contributed by atoms with E-state index in [1.807, 2.05) is 25.8 Å². The summed E-state index contributed by atoms with van der Waals surface area (Å²) in [6.45, 7) is 5.74. The summed E-state index contributed by atoms with van der Waals surface area (Å²) in [5.74, 6) is 0.647. The molecule has 110 valence electrons. The number of hydrogen-bond acceptors (Lipinski definition) is 6. The molecule has 1 aliphatic heterocycles. The van der Waals surface area contributed by atoms with E-state index in [1.165, 1.54) is 12.8 Å². The minimum atomic E-state index is -0.652. The summed E-state index contributed by atoms with van der Waals surface area (Å²) in [6.07, 6.45) is 2.45. The number of carbonyl (C=O) groups excluding carboxylic acids is 1. The summed E-state index contributed by atoms with van der Waals surface area (Å²) < 4.78 is 5.69. The van der Waals surface area contributed by atoms with Crippen molar-refractivity contribution >= 4 is 11.9 Å². The Kier molecular flexibility index (Phi) is 3.16. The Balaban J connectivity index is 1.72. The minimum absolute atomic E-state index is 0.0691. The number of nitrogens with zero attached hydrogens (tertiary/aromatic N) is 4. The van der Waals surface area contributed by atoms with Crippen LogP contribution in [-0.4, -0.2) is 52.7 Å². The molecule has 2 heterocycles. The van der Waals surface area contributed by atoms with Crippen molar-refractivity contribution in [3.05, 3.63) is 5.89 Å². The average molecular weight is 279 g/mol.